The summed E-state index contributed by atoms with van der Waals surface area (Å²) in [5.41, 5.74) is 7.75. The van der Waals surface area contributed by atoms with Crippen LogP contribution in [-0.2, 0) is 0 Å². The fourth-order valence-corrected chi connectivity index (χ4v) is 4.08. The lowest BCUT2D eigenvalue weighted by atomic mass is 10.1. The number of nitrogens with one attached hydrogen (secondary N) is 1. The highest BCUT2D eigenvalue weighted by atomic mass is 32.1. The molecule has 1 N–H and O–H groups in total. The van der Waals surface area contributed by atoms with E-state index in [4.69, 9.17) is 0 Å². The van der Waals surface area contributed by atoms with E-state index in [1.807, 2.05) is 18.6 Å². The minimum Gasteiger partial charge on any atom is -0.345 e. The number of hydrogen-bond donors (Lipinski definition) is 1. The third-order valence-electron chi connectivity index (χ3n) is 4.76. The molecule has 0 aliphatic rings. The van der Waals surface area contributed by atoms with Crippen LogP contribution in [-0.4, -0.2) is 29.5 Å². The van der Waals surface area contributed by atoms with E-state index in [9.17, 15) is 0 Å². The van der Waals surface area contributed by atoms with Gasteiger partial charge in [-0.25, -0.2) is 9.97 Å². The maximum atomic E-state index is 4.58. The van der Waals surface area contributed by atoms with Gasteiger partial charge in [0.25, 0.3) is 0 Å². The summed E-state index contributed by atoms with van der Waals surface area (Å²) in [5.74, 6) is 0. The molecule has 0 aliphatic carbocycles. The minimum atomic E-state index is 0.853. The van der Waals surface area contributed by atoms with E-state index in [-0.39, 0.29) is 0 Å². The minimum absolute atomic E-state index is 0.853. The Balaban J connectivity index is 1.66. The van der Waals surface area contributed by atoms with Gasteiger partial charge in [-0.2, -0.15) is 11.3 Å². The van der Waals surface area contributed by atoms with E-state index in [0.29, 0.717) is 0 Å². The Hall–Kier alpha value is -3.58. The summed E-state index contributed by atoms with van der Waals surface area (Å²) in [6.45, 7) is 0. The van der Waals surface area contributed by atoms with Gasteiger partial charge in [0.1, 0.15) is 11.8 Å². The molecule has 0 atom stereocenters. The maximum absolute atomic E-state index is 4.58. The average Bonchev–Trinajstić information content (AvgIpc) is 3.46. The number of hydrogen-bond acceptors (Lipinski definition) is 5. The van der Waals surface area contributed by atoms with Crippen LogP contribution in [0.5, 0.6) is 0 Å². The van der Waals surface area contributed by atoms with Crippen molar-refractivity contribution in [2.24, 2.45) is 0 Å². The summed E-state index contributed by atoms with van der Waals surface area (Å²) in [4.78, 5) is 21.1. The molecule has 0 spiro atoms. The summed E-state index contributed by atoms with van der Waals surface area (Å²) >= 11 is 1.66. The molecule has 27 heavy (non-hydrogen) atoms. The van der Waals surface area contributed by atoms with E-state index in [1.165, 1.54) is 0 Å². The highest BCUT2D eigenvalue weighted by molar-refractivity contribution is 7.08. The Kier molecular flexibility index (Phi) is 2.95. The highest BCUT2D eigenvalue weighted by Crippen LogP contribution is 2.29. The van der Waals surface area contributed by atoms with Crippen LogP contribution in [0.4, 0.5) is 0 Å². The molecule has 6 aromatic rings. The van der Waals surface area contributed by atoms with E-state index in [2.05, 4.69) is 64.5 Å². The number of benzene rings is 1. The van der Waals surface area contributed by atoms with E-state index >= 15 is 0 Å². The van der Waals surface area contributed by atoms with Crippen LogP contribution in [0.3, 0.4) is 0 Å². The number of nitrogens with zero attached hydrogens (tertiary/aromatic N) is 5. The molecule has 0 aliphatic heterocycles. The van der Waals surface area contributed by atoms with Crippen molar-refractivity contribution in [2.75, 3.05) is 0 Å². The topological polar surface area (TPSA) is 72.3 Å². The summed E-state index contributed by atoms with van der Waals surface area (Å²) < 4.78 is 2.09. The first-order chi connectivity index (χ1) is 13.4. The zero-order valence-electron chi connectivity index (χ0n) is 14.0. The number of aromatic amines is 1. The van der Waals surface area contributed by atoms with E-state index < -0.39 is 0 Å². The predicted octanol–water partition coefficient (Wildman–Crippen LogP) is 4.57. The average molecular weight is 368 g/mol. The van der Waals surface area contributed by atoms with Crippen molar-refractivity contribution in [3.63, 3.8) is 0 Å². The third-order valence-corrected chi connectivity index (χ3v) is 5.44. The van der Waals surface area contributed by atoms with Crippen molar-refractivity contribution in [3.05, 3.63) is 66.1 Å². The van der Waals surface area contributed by atoms with Crippen molar-refractivity contribution in [1.29, 1.82) is 0 Å². The Morgan fingerprint density at radius 1 is 0.889 bits per heavy atom. The van der Waals surface area contributed by atoms with E-state index in [0.717, 1.165) is 49.9 Å². The number of thiophene rings is 1. The zero-order valence-corrected chi connectivity index (χ0v) is 14.8. The van der Waals surface area contributed by atoms with Crippen molar-refractivity contribution in [3.8, 4) is 16.9 Å². The Morgan fingerprint density at radius 2 is 1.85 bits per heavy atom. The Morgan fingerprint density at radius 3 is 2.78 bits per heavy atom. The van der Waals surface area contributed by atoms with Gasteiger partial charge in [-0.15, -0.1) is 0 Å². The third kappa shape index (κ3) is 2.18. The fourth-order valence-electron chi connectivity index (χ4n) is 3.43. The van der Waals surface area contributed by atoms with Crippen LogP contribution in [0.25, 0.3) is 49.9 Å². The predicted molar refractivity (Wildman–Crippen MR) is 107 cm³/mol. The monoisotopic (exact) mass is 368 g/mol. The van der Waals surface area contributed by atoms with Crippen molar-refractivity contribution >= 4 is 44.3 Å². The molecule has 5 aromatic heterocycles. The first kappa shape index (κ1) is 14.6. The van der Waals surface area contributed by atoms with E-state index in [1.54, 1.807) is 23.9 Å². The Labute approximate surface area is 157 Å². The van der Waals surface area contributed by atoms with Crippen LogP contribution in [0.1, 0.15) is 0 Å². The SMILES string of the molecule is c1nc2ccc(-n3cnc4cnc5cnc(-c6ccsc6)cc5c43)cc2[nH]1. The van der Waals surface area contributed by atoms with Crippen molar-refractivity contribution in [2.45, 2.75) is 0 Å². The number of aromatic nitrogens is 6. The van der Waals surface area contributed by atoms with Crippen LogP contribution >= 0.6 is 11.3 Å². The Bertz CT molecular complexity index is 1430. The lowest BCUT2D eigenvalue weighted by Gasteiger charge is -2.08. The number of fused-ring (bicyclic) bond motifs is 4. The molecule has 0 saturated heterocycles. The number of imidazole rings is 2. The smallest absolute Gasteiger partial charge is 0.108 e. The van der Waals surface area contributed by atoms with Gasteiger partial charge in [0.15, 0.2) is 0 Å². The number of rotatable bonds is 2. The van der Waals surface area contributed by atoms with Gasteiger partial charge < -0.3 is 4.98 Å². The van der Waals surface area contributed by atoms with Gasteiger partial charge in [0.05, 0.1) is 46.5 Å². The lowest BCUT2D eigenvalue weighted by Crippen LogP contribution is -1.94. The van der Waals surface area contributed by atoms with Gasteiger partial charge in [0.2, 0.25) is 0 Å². The molecule has 0 radical (unpaired) electrons. The molecule has 1 aromatic carbocycles. The quantitative estimate of drug-likeness (QED) is 0.486. The maximum Gasteiger partial charge on any atom is 0.108 e. The standard InChI is InChI=1S/C20H12N6S/c1-2-15-17(24-10-23-15)5-13(1)26-11-25-19-8-22-18-7-21-16(6-14(18)20(19)26)12-3-4-27-9-12/h1-11H,(H,23,24). The van der Waals surface area contributed by atoms with Gasteiger partial charge in [0, 0.05) is 22.0 Å². The molecule has 7 heteroatoms. The highest BCUT2D eigenvalue weighted by Gasteiger charge is 2.12. The molecule has 0 fully saturated rings. The normalized spacial score (nSPS) is 11.7. The fraction of sp³-hybridized carbons (Fsp3) is 0. The van der Waals surface area contributed by atoms with Gasteiger partial charge in [-0.1, -0.05) is 0 Å². The second-order valence-corrected chi connectivity index (χ2v) is 7.09. The van der Waals surface area contributed by atoms with Crippen LogP contribution in [0.2, 0.25) is 0 Å². The summed E-state index contributed by atoms with van der Waals surface area (Å²) in [6, 6.07) is 10.3. The first-order valence-electron chi connectivity index (χ1n) is 8.45. The molecule has 5 heterocycles. The van der Waals surface area contributed by atoms with Crippen LogP contribution in [0, 0.1) is 0 Å². The zero-order chi connectivity index (χ0) is 17.8. The molecule has 0 unspecified atom stereocenters. The number of H-pyrrole nitrogens is 1. The molecule has 0 saturated carbocycles. The summed E-state index contributed by atoms with van der Waals surface area (Å²) in [5, 5.41) is 5.20. The molecule has 6 rings (SSSR count). The van der Waals surface area contributed by atoms with Crippen LogP contribution in [0.15, 0.2) is 66.1 Å². The molecule has 0 bridgehead atoms. The molecule has 128 valence electrons. The van der Waals surface area contributed by atoms with Gasteiger partial charge >= 0.3 is 0 Å². The van der Waals surface area contributed by atoms with Gasteiger partial charge in [-0.3, -0.25) is 14.5 Å². The first-order valence-corrected chi connectivity index (χ1v) is 9.39. The number of pyridine rings is 2. The molecule has 6 nitrogen and oxygen atoms in total. The lowest BCUT2D eigenvalue weighted by molar-refractivity contribution is 1.10. The van der Waals surface area contributed by atoms with Gasteiger partial charge in [-0.05, 0) is 35.7 Å². The largest absolute Gasteiger partial charge is 0.345 e. The molecular weight excluding hydrogens is 356 g/mol. The van der Waals surface area contributed by atoms with Crippen molar-refractivity contribution < 1.29 is 0 Å². The second-order valence-electron chi connectivity index (χ2n) is 6.31. The molecular formula is C20H12N6S. The second kappa shape index (κ2) is 5.46. The van der Waals surface area contributed by atoms with Crippen LogP contribution < -0.4 is 0 Å². The summed E-state index contributed by atoms with van der Waals surface area (Å²) in [6.07, 6.45) is 7.18. The van der Waals surface area contributed by atoms with Crippen molar-refractivity contribution in [1.82, 2.24) is 29.5 Å². The molecule has 0 amide bonds. The summed E-state index contributed by atoms with van der Waals surface area (Å²) in [7, 11) is 0.